The van der Waals surface area contributed by atoms with Crippen molar-refractivity contribution in [3.05, 3.63) is 58.6 Å². The third kappa shape index (κ3) is 4.02. The highest BCUT2D eigenvalue weighted by Crippen LogP contribution is 2.41. The molecule has 0 aliphatic carbocycles. The average molecular weight is 427 g/mol. The van der Waals surface area contributed by atoms with Gasteiger partial charge in [-0.1, -0.05) is 41.4 Å². The van der Waals surface area contributed by atoms with Gasteiger partial charge in [0.15, 0.2) is 5.96 Å². The second kappa shape index (κ2) is 8.28. The summed E-state index contributed by atoms with van der Waals surface area (Å²) in [7, 11) is 0. The number of carbonyl (C=O) groups is 1. The van der Waals surface area contributed by atoms with Gasteiger partial charge >= 0.3 is 0 Å². The Labute approximate surface area is 182 Å². The second-order valence-corrected chi connectivity index (χ2v) is 8.56. The maximum absolute atomic E-state index is 13.1. The van der Waals surface area contributed by atoms with E-state index < -0.39 is 5.54 Å². The number of nitrogens with two attached hydrogens (primary N) is 1. The van der Waals surface area contributed by atoms with Crippen LogP contribution in [0.15, 0.2) is 47.5 Å². The zero-order chi connectivity index (χ0) is 21.3. The fourth-order valence-corrected chi connectivity index (χ4v) is 4.56. The van der Waals surface area contributed by atoms with Crippen molar-refractivity contribution in [2.24, 2.45) is 10.7 Å². The molecule has 2 aromatic carbocycles. The molecule has 2 aliphatic heterocycles. The van der Waals surface area contributed by atoms with E-state index in [1.165, 1.54) is 5.56 Å². The van der Waals surface area contributed by atoms with Gasteiger partial charge in [-0.15, -0.1) is 0 Å². The number of rotatable bonds is 4. The van der Waals surface area contributed by atoms with E-state index in [2.05, 4.69) is 5.32 Å². The highest BCUT2D eigenvalue weighted by atomic mass is 35.5. The quantitative estimate of drug-likeness (QED) is 0.762. The van der Waals surface area contributed by atoms with E-state index in [0.717, 1.165) is 29.8 Å². The third-order valence-electron chi connectivity index (χ3n) is 5.84. The Kier molecular flexibility index (Phi) is 5.71. The molecule has 0 bridgehead atoms. The molecule has 1 atom stereocenters. The second-order valence-electron chi connectivity index (χ2n) is 8.19. The number of aliphatic imine (C=N–C) groups is 1. The Hall–Kier alpha value is -2.57. The SMILES string of the molecule is Cc1ccc(Nc2cccc([C@]3(C)CC(=O)N(C4CCOCC4)C(N)=N3)c2Cl)cc1. The minimum absolute atomic E-state index is 0.0233. The molecule has 4 rings (SSSR count). The monoisotopic (exact) mass is 426 g/mol. The third-order valence-corrected chi connectivity index (χ3v) is 6.24. The smallest absolute Gasteiger partial charge is 0.232 e. The molecule has 0 aromatic heterocycles. The number of halogens is 1. The lowest BCUT2D eigenvalue weighted by Crippen LogP contribution is -2.55. The van der Waals surface area contributed by atoms with Gasteiger partial charge in [0.05, 0.1) is 22.7 Å². The largest absolute Gasteiger partial charge is 0.381 e. The number of hydrogen-bond donors (Lipinski definition) is 2. The molecule has 0 unspecified atom stereocenters. The Balaban J connectivity index is 1.63. The van der Waals surface area contributed by atoms with Gasteiger partial charge in [-0.25, -0.2) is 4.99 Å². The number of aryl methyl sites for hydroxylation is 1. The Morgan fingerprint density at radius 3 is 2.57 bits per heavy atom. The zero-order valence-electron chi connectivity index (χ0n) is 17.3. The first-order valence-corrected chi connectivity index (χ1v) is 10.6. The molecular formula is C23H27ClN4O2. The zero-order valence-corrected chi connectivity index (χ0v) is 18.1. The molecule has 1 saturated heterocycles. The van der Waals surface area contributed by atoms with Gasteiger partial charge < -0.3 is 15.8 Å². The van der Waals surface area contributed by atoms with Crippen LogP contribution in [0.5, 0.6) is 0 Å². The topological polar surface area (TPSA) is 80.0 Å². The number of hydrogen-bond acceptors (Lipinski definition) is 5. The maximum Gasteiger partial charge on any atom is 0.232 e. The molecule has 6 nitrogen and oxygen atoms in total. The molecular weight excluding hydrogens is 400 g/mol. The molecule has 1 fully saturated rings. The molecule has 2 aromatic rings. The first-order valence-electron chi connectivity index (χ1n) is 10.3. The fourth-order valence-electron chi connectivity index (χ4n) is 4.18. The van der Waals surface area contributed by atoms with Crippen LogP contribution in [0.1, 0.15) is 37.3 Å². The van der Waals surface area contributed by atoms with Crippen molar-refractivity contribution in [2.75, 3.05) is 18.5 Å². The molecule has 7 heteroatoms. The van der Waals surface area contributed by atoms with Crippen molar-refractivity contribution in [1.82, 2.24) is 4.90 Å². The van der Waals surface area contributed by atoms with E-state index in [-0.39, 0.29) is 24.3 Å². The standard InChI is InChI=1S/C23H27ClN4O2/c1-15-6-8-16(9-7-15)26-19-5-3-4-18(21(19)24)23(2)14-20(29)28(22(25)27-23)17-10-12-30-13-11-17/h3-9,17,26H,10-14H2,1-2H3,(H2,25,27)/t23-/m0/s1. The minimum Gasteiger partial charge on any atom is -0.381 e. The van der Waals surface area contributed by atoms with Gasteiger partial charge in [-0.2, -0.15) is 0 Å². The molecule has 30 heavy (non-hydrogen) atoms. The Morgan fingerprint density at radius 1 is 1.20 bits per heavy atom. The van der Waals surface area contributed by atoms with Crippen LogP contribution in [0.25, 0.3) is 0 Å². The molecule has 0 radical (unpaired) electrons. The lowest BCUT2D eigenvalue weighted by atomic mass is 9.86. The van der Waals surface area contributed by atoms with Gasteiger partial charge in [0, 0.05) is 30.5 Å². The van der Waals surface area contributed by atoms with Crippen LogP contribution in [-0.4, -0.2) is 36.0 Å². The summed E-state index contributed by atoms with van der Waals surface area (Å²) < 4.78 is 5.41. The fraction of sp³-hybridized carbons (Fsp3) is 0.391. The molecule has 2 heterocycles. The average Bonchev–Trinajstić information content (AvgIpc) is 2.71. The summed E-state index contributed by atoms with van der Waals surface area (Å²) in [6.45, 7) is 5.23. The maximum atomic E-state index is 13.1. The van der Waals surface area contributed by atoms with Gasteiger partial charge in [-0.05, 0) is 44.9 Å². The van der Waals surface area contributed by atoms with Crippen LogP contribution in [0.3, 0.4) is 0 Å². The van der Waals surface area contributed by atoms with Crippen molar-refractivity contribution < 1.29 is 9.53 Å². The summed E-state index contributed by atoms with van der Waals surface area (Å²) in [5.74, 6) is 0.235. The number of anilines is 2. The van der Waals surface area contributed by atoms with Crippen molar-refractivity contribution >= 4 is 34.8 Å². The van der Waals surface area contributed by atoms with Crippen molar-refractivity contribution in [3.63, 3.8) is 0 Å². The minimum atomic E-state index is -0.815. The summed E-state index contributed by atoms with van der Waals surface area (Å²) >= 11 is 6.78. The number of ether oxygens (including phenoxy) is 1. The van der Waals surface area contributed by atoms with Crippen LogP contribution >= 0.6 is 11.6 Å². The number of nitrogens with zero attached hydrogens (tertiary/aromatic N) is 2. The Morgan fingerprint density at radius 2 is 1.90 bits per heavy atom. The van der Waals surface area contributed by atoms with Crippen molar-refractivity contribution in [2.45, 2.75) is 44.7 Å². The van der Waals surface area contributed by atoms with Gasteiger partial charge in [-0.3, -0.25) is 9.69 Å². The van der Waals surface area contributed by atoms with Crippen LogP contribution in [-0.2, 0) is 15.1 Å². The molecule has 3 N–H and O–H groups in total. The van der Waals surface area contributed by atoms with Gasteiger partial charge in [0.2, 0.25) is 5.91 Å². The number of guanidine groups is 1. The number of amides is 1. The summed E-state index contributed by atoms with van der Waals surface area (Å²) in [6, 6.07) is 13.9. The summed E-state index contributed by atoms with van der Waals surface area (Å²) in [5.41, 5.74) is 9.16. The van der Waals surface area contributed by atoms with Gasteiger partial charge in [0.1, 0.15) is 0 Å². The first kappa shape index (κ1) is 20.7. The van der Waals surface area contributed by atoms with E-state index in [4.69, 9.17) is 27.1 Å². The number of nitrogens with one attached hydrogen (secondary N) is 1. The highest BCUT2D eigenvalue weighted by Gasteiger charge is 2.41. The first-order chi connectivity index (χ1) is 14.4. The molecule has 0 spiro atoms. The van der Waals surface area contributed by atoms with Crippen molar-refractivity contribution in [3.8, 4) is 0 Å². The number of carbonyl (C=O) groups excluding carboxylic acids is 1. The van der Waals surface area contributed by atoms with E-state index in [1.54, 1.807) is 4.90 Å². The lowest BCUT2D eigenvalue weighted by Gasteiger charge is -2.40. The molecule has 158 valence electrons. The van der Waals surface area contributed by atoms with Crippen molar-refractivity contribution in [1.29, 1.82) is 0 Å². The summed E-state index contributed by atoms with van der Waals surface area (Å²) in [5, 5.41) is 3.90. The predicted molar refractivity (Wildman–Crippen MR) is 120 cm³/mol. The van der Waals surface area contributed by atoms with Crippen LogP contribution in [0.4, 0.5) is 11.4 Å². The van der Waals surface area contributed by atoms with Crippen LogP contribution in [0, 0.1) is 6.92 Å². The van der Waals surface area contributed by atoms with Gasteiger partial charge in [0.25, 0.3) is 0 Å². The Bertz CT molecular complexity index is 970. The van der Waals surface area contributed by atoms with E-state index >= 15 is 0 Å². The molecule has 2 aliphatic rings. The molecule has 1 amide bonds. The lowest BCUT2D eigenvalue weighted by molar-refractivity contribution is -0.132. The normalized spacial score (nSPS) is 22.7. The van der Waals surface area contributed by atoms with E-state index in [0.29, 0.717) is 18.2 Å². The van der Waals surface area contributed by atoms with Crippen LogP contribution < -0.4 is 11.1 Å². The number of benzene rings is 2. The summed E-state index contributed by atoms with van der Waals surface area (Å²) in [6.07, 6.45) is 1.77. The summed E-state index contributed by atoms with van der Waals surface area (Å²) in [4.78, 5) is 19.5. The van der Waals surface area contributed by atoms with Crippen LogP contribution in [0.2, 0.25) is 5.02 Å². The van der Waals surface area contributed by atoms with E-state index in [1.807, 2.05) is 56.3 Å². The highest BCUT2D eigenvalue weighted by molar-refractivity contribution is 6.34. The van der Waals surface area contributed by atoms with E-state index in [9.17, 15) is 4.79 Å². The molecule has 0 saturated carbocycles. The predicted octanol–water partition coefficient (Wildman–Crippen LogP) is 4.33.